The molecule has 0 N–H and O–H groups in total. The summed E-state index contributed by atoms with van der Waals surface area (Å²) in [5.41, 5.74) is 2.82. The van der Waals surface area contributed by atoms with E-state index in [-0.39, 0.29) is 12.5 Å². The Kier molecular flexibility index (Phi) is 6.79. The summed E-state index contributed by atoms with van der Waals surface area (Å²) < 4.78 is 6.93. The summed E-state index contributed by atoms with van der Waals surface area (Å²) in [5, 5.41) is 5.93. The number of halogens is 3. The summed E-state index contributed by atoms with van der Waals surface area (Å²) in [7, 11) is 1.60. The Morgan fingerprint density at radius 1 is 1.09 bits per heavy atom. The first-order chi connectivity index (χ1) is 15.4. The highest BCUT2D eigenvalue weighted by Crippen LogP contribution is 2.31. The smallest absolute Gasteiger partial charge is 0.244 e. The molecular weight excluding hydrogens is 473 g/mol. The Labute approximate surface area is 201 Å². The third kappa shape index (κ3) is 4.65. The van der Waals surface area contributed by atoms with Gasteiger partial charge in [0.2, 0.25) is 5.91 Å². The normalized spacial score (nSPS) is 14.0. The van der Waals surface area contributed by atoms with Crippen LogP contribution in [0.25, 0.3) is 11.4 Å². The Morgan fingerprint density at radius 2 is 1.84 bits per heavy atom. The number of aromatic nitrogens is 3. The van der Waals surface area contributed by atoms with Crippen molar-refractivity contribution in [3.63, 3.8) is 0 Å². The van der Waals surface area contributed by atoms with Crippen LogP contribution in [0.4, 0.5) is 5.69 Å². The van der Waals surface area contributed by atoms with Crippen molar-refractivity contribution in [2.75, 3.05) is 38.2 Å². The van der Waals surface area contributed by atoms with Gasteiger partial charge in [-0.25, -0.2) is 4.98 Å². The highest BCUT2D eigenvalue weighted by atomic mass is 35.5. The molecule has 4 rings (SSSR count). The van der Waals surface area contributed by atoms with Crippen LogP contribution in [0.15, 0.2) is 36.4 Å². The van der Waals surface area contributed by atoms with Gasteiger partial charge in [0.25, 0.3) is 0 Å². The van der Waals surface area contributed by atoms with Gasteiger partial charge in [0, 0.05) is 37.9 Å². The van der Waals surface area contributed by atoms with Crippen molar-refractivity contribution in [1.29, 1.82) is 0 Å². The van der Waals surface area contributed by atoms with Crippen LogP contribution < -0.4 is 9.64 Å². The molecule has 2 aromatic heterocycles. The molecule has 1 amide bonds. The van der Waals surface area contributed by atoms with Gasteiger partial charge in [-0.2, -0.15) is 5.10 Å². The molecule has 3 aromatic rings. The summed E-state index contributed by atoms with van der Waals surface area (Å²) in [6.45, 7) is 4.60. The van der Waals surface area contributed by atoms with Crippen LogP contribution in [-0.4, -0.2) is 58.9 Å². The van der Waals surface area contributed by atoms with Crippen molar-refractivity contribution in [1.82, 2.24) is 19.7 Å². The molecule has 0 aliphatic carbocycles. The van der Waals surface area contributed by atoms with E-state index in [0.717, 1.165) is 5.69 Å². The van der Waals surface area contributed by atoms with Crippen LogP contribution in [0.1, 0.15) is 5.69 Å². The summed E-state index contributed by atoms with van der Waals surface area (Å²) >= 11 is 18.6. The Bertz CT molecular complexity index is 1140. The lowest BCUT2D eigenvalue weighted by molar-refractivity contribution is -0.132. The minimum absolute atomic E-state index is 0.00814. The summed E-state index contributed by atoms with van der Waals surface area (Å²) in [6, 6.07) is 11.0. The maximum atomic E-state index is 12.9. The number of anilines is 1. The van der Waals surface area contributed by atoms with Crippen LogP contribution in [-0.2, 0) is 11.3 Å². The van der Waals surface area contributed by atoms with E-state index in [9.17, 15) is 4.79 Å². The lowest BCUT2D eigenvalue weighted by Gasteiger charge is -2.36. The number of benzene rings is 1. The molecule has 0 saturated carbocycles. The summed E-state index contributed by atoms with van der Waals surface area (Å²) in [6.07, 6.45) is 0. The Balaban J connectivity index is 1.42. The topological polar surface area (TPSA) is 63.5 Å². The largest absolute Gasteiger partial charge is 0.495 e. The van der Waals surface area contributed by atoms with Gasteiger partial charge in [-0.3, -0.25) is 9.48 Å². The average molecular weight is 495 g/mol. The average Bonchev–Trinajstić information content (AvgIpc) is 3.08. The number of ether oxygens (including phenoxy) is 1. The molecular formula is C22H22Cl3N5O2. The zero-order valence-corrected chi connectivity index (χ0v) is 20.0. The number of pyridine rings is 1. The van der Waals surface area contributed by atoms with Crippen molar-refractivity contribution in [2.24, 2.45) is 0 Å². The first-order valence-electron chi connectivity index (χ1n) is 10.1. The number of hydrogen-bond donors (Lipinski definition) is 0. The fourth-order valence-corrected chi connectivity index (χ4v) is 4.26. The molecule has 0 unspecified atom stereocenters. The van der Waals surface area contributed by atoms with Crippen LogP contribution in [0.2, 0.25) is 15.2 Å². The molecule has 0 atom stereocenters. The van der Waals surface area contributed by atoms with Gasteiger partial charge in [-0.15, -0.1) is 0 Å². The summed E-state index contributed by atoms with van der Waals surface area (Å²) in [5.74, 6) is 0.630. The first-order valence-corrected chi connectivity index (χ1v) is 11.2. The maximum Gasteiger partial charge on any atom is 0.244 e. The molecule has 10 heteroatoms. The first kappa shape index (κ1) is 22.7. The molecule has 32 heavy (non-hydrogen) atoms. The third-order valence-corrected chi connectivity index (χ3v) is 6.48. The molecule has 7 nitrogen and oxygen atoms in total. The molecule has 0 spiro atoms. The highest BCUT2D eigenvalue weighted by molar-refractivity contribution is 6.34. The van der Waals surface area contributed by atoms with Crippen molar-refractivity contribution in [3.8, 4) is 17.1 Å². The number of carbonyl (C=O) groups excluding carboxylic acids is 1. The number of hydrogen-bond acceptors (Lipinski definition) is 5. The molecule has 1 fully saturated rings. The molecule has 1 aromatic carbocycles. The van der Waals surface area contributed by atoms with E-state index >= 15 is 0 Å². The van der Waals surface area contributed by atoms with E-state index < -0.39 is 0 Å². The molecule has 1 saturated heterocycles. The van der Waals surface area contributed by atoms with Gasteiger partial charge in [0.1, 0.15) is 23.1 Å². The summed E-state index contributed by atoms with van der Waals surface area (Å²) in [4.78, 5) is 21.3. The second kappa shape index (κ2) is 9.57. The Hall–Kier alpha value is -2.48. The molecule has 1 aliphatic rings. The zero-order valence-electron chi connectivity index (χ0n) is 17.7. The van der Waals surface area contributed by atoms with E-state index in [1.54, 1.807) is 30.0 Å². The van der Waals surface area contributed by atoms with Crippen LogP contribution in [0, 0.1) is 6.92 Å². The second-order valence-corrected chi connectivity index (χ2v) is 8.61. The molecule has 0 radical (unpaired) electrons. The predicted octanol–water partition coefficient (Wildman–Crippen LogP) is 4.57. The van der Waals surface area contributed by atoms with Crippen LogP contribution >= 0.6 is 34.8 Å². The van der Waals surface area contributed by atoms with Gasteiger partial charge in [0.05, 0.1) is 28.5 Å². The van der Waals surface area contributed by atoms with E-state index in [4.69, 9.17) is 39.5 Å². The monoisotopic (exact) mass is 493 g/mol. The SMILES string of the molecule is COc1cc(N2CCN(C(=O)Cn3nc(-c4cccc(Cl)n4)c(Cl)c3C)CC2)ccc1Cl. The third-order valence-electron chi connectivity index (χ3n) is 5.51. The number of amides is 1. The highest BCUT2D eigenvalue weighted by Gasteiger charge is 2.24. The molecule has 3 heterocycles. The van der Waals surface area contributed by atoms with Gasteiger partial charge in [-0.05, 0) is 31.2 Å². The number of carbonyl (C=O) groups is 1. The number of methoxy groups -OCH3 is 1. The fourth-order valence-electron chi connectivity index (χ4n) is 3.67. The minimum Gasteiger partial charge on any atom is -0.495 e. The fraction of sp³-hybridized carbons (Fsp3) is 0.318. The predicted molar refractivity (Wildman–Crippen MR) is 127 cm³/mol. The molecule has 1 aliphatic heterocycles. The van der Waals surface area contributed by atoms with Crippen molar-refractivity contribution in [3.05, 3.63) is 57.3 Å². The van der Waals surface area contributed by atoms with Gasteiger partial charge in [0.15, 0.2) is 0 Å². The van der Waals surface area contributed by atoms with E-state index in [2.05, 4.69) is 15.0 Å². The molecule has 0 bridgehead atoms. The van der Waals surface area contributed by atoms with Gasteiger partial charge >= 0.3 is 0 Å². The van der Waals surface area contributed by atoms with Crippen molar-refractivity contribution in [2.45, 2.75) is 13.5 Å². The standard InChI is InChI=1S/C22H22Cl3N5O2/c1-14-21(25)22(17-4-3-5-19(24)26-17)27-30(14)13-20(31)29-10-8-28(9-11-29)15-6-7-16(23)18(12-15)32-2/h3-7,12H,8-11,13H2,1-2H3. The van der Waals surface area contributed by atoms with Gasteiger partial charge in [-0.1, -0.05) is 40.9 Å². The Morgan fingerprint density at radius 3 is 2.53 bits per heavy atom. The minimum atomic E-state index is -0.00814. The second-order valence-electron chi connectivity index (χ2n) is 7.44. The number of nitrogens with zero attached hydrogens (tertiary/aromatic N) is 5. The number of rotatable bonds is 5. The zero-order chi connectivity index (χ0) is 22.8. The van der Waals surface area contributed by atoms with E-state index in [0.29, 0.717) is 64.2 Å². The van der Waals surface area contributed by atoms with E-state index in [1.165, 1.54) is 0 Å². The van der Waals surface area contributed by atoms with Crippen molar-refractivity contribution < 1.29 is 9.53 Å². The van der Waals surface area contributed by atoms with Crippen LogP contribution in [0.5, 0.6) is 5.75 Å². The van der Waals surface area contributed by atoms with Gasteiger partial charge < -0.3 is 14.5 Å². The lowest BCUT2D eigenvalue weighted by Crippen LogP contribution is -2.49. The maximum absolute atomic E-state index is 12.9. The van der Waals surface area contributed by atoms with E-state index in [1.807, 2.05) is 30.0 Å². The quantitative estimate of drug-likeness (QED) is 0.486. The molecule has 168 valence electrons. The van der Waals surface area contributed by atoms with Crippen molar-refractivity contribution >= 4 is 46.4 Å². The lowest BCUT2D eigenvalue weighted by atomic mass is 10.2. The van der Waals surface area contributed by atoms with Crippen LogP contribution in [0.3, 0.4) is 0 Å². The number of piperazine rings is 1.